The van der Waals surface area contributed by atoms with Crippen LogP contribution in [-0.4, -0.2) is 53.8 Å². The summed E-state index contributed by atoms with van der Waals surface area (Å²) in [4.78, 5) is 17.8. The Balaban J connectivity index is 1.90. The number of aliphatic imine (C=N–C) groups is 1. The Hall–Kier alpha value is -2.24. The zero-order valence-corrected chi connectivity index (χ0v) is 17.5. The Morgan fingerprint density at radius 3 is 3.04 bits per heavy atom. The molecular formula is C20H28N4O3S. The van der Waals surface area contributed by atoms with Crippen LogP contribution in [0.5, 0.6) is 5.75 Å². The van der Waals surface area contributed by atoms with Crippen molar-refractivity contribution in [1.29, 1.82) is 5.26 Å². The van der Waals surface area contributed by atoms with Gasteiger partial charge < -0.3 is 19.7 Å². The van der Waals surface area contributed by atoms with Gasteiger partial charge in [-0.3, -0.25) is 0 Å². The fraction of sp³-hybridized carbons (Fsp3) is 0.550. The Bertz CT molecular complexity index is 712. The molecule has 1 aromatic carbocycles. The monoisotopic (exact) mass is 404 g/mol. The molecule has 1 aliphatic rings. The molecule has 1 unspecified atom stereocenters. The highest BCUT2D eigenvalue weighted by Gasteiger charge is 2.27. The van der Waals surface area contributed by atoms with Crippen LogP contribution < -0.4 is 10.1 Å². The fourth-order valence-corrected chi connectivity index (χ4v) is 3.24. The van der Waals surface area contributed by atoms with Crippen LogP contribution in [0.1, 0.15) is 32.8 Å². The van der Waals surface area contributed by atoms with Gasteiger partial charge in [0.05, 0.1) is 12.1 Å². The Morgan fingerprint density at radius 1 is 1.50 bits per heavy atom. The van der Waals surface area contributed by atoms with E-state index in [4.69, 9.17) is 14.7 Å². The highest BCUT2D eigenvalue weighted by atomic mass is 32.2. The van der Waals surface area contributed by atoms with Gasteiger partial charge in [0.25, 0.3) is 0 Å². The maximum Gasteiger partial charge on any atom is 0.410 e. The van der Waals surface area contributed by atoms with Gasteiger partial charge in [0, 0.05) is 19.0 Å². The molecule has 0 aliphatic carbocycles. The summed E-state index contributed by atoms with van der Waals surface area (Å²) < 4.78 is 11.7. The second-order valence-corrected chi connectivity index (χ2v) is 8.29. The summed E-state index contributed by atoms with van der Waals surface area (Å²) in [6, 6.07) is 8.03. The molecule has 1 aliphatic heterocycles. The van der Waals surface area contributed by atoms with E-state index in [0.717, 1.165) is 18.6 Å². The predicted molar refractivity (Wildman–Crippen MR) is 112 cm³/mol. The molecule has 0 fully saturated rings. The Labute approximate surface area is 171 Å². The number of hydrogen-bond acceptors (Lipinski definition) is 7. The number of nitriles is 1. The van der Waals surface area contributed by atoms with Crippen LogP contribution in [0, 0.1) is 11.5 Å². The van der Waals surface area contributed by atoms with Gasteiger partial charge in [-0.15, -0.1) is 0 Å². The van der Waals surface area contributed by atoms with Crippen molar-refractivity contribution in [1.82, 2.24) is 10.2 Å². The molecule has 0 bridgehead atoms. The summed E-state index contributed by atoms with van der Waals surface area (Å²) in [6.45, 7) is 7.18. The zero-order chi connectivity index (χ0) is 20.4. The first kappa shape index (κ1) is 22.1. The molecule has 0 spiro atoms. The number of amides is 1. The number of carbonyl (C=O) groups is 1. The van der Waals surface area contributed by atoms with E-state index in [0.29, 0.717) is 25.5 Å². The quantitative estimate of drug-likeness (QED) is 0.235. The van der Waals surface area contributed by atoms with E-state index in [1.807, 2.05) is 39.0 Å². The summed E-state index contributed by atoms with van der Waals surface area (Å²) in [7, 11) is 0. The van der Waals surface area contributed by atoms with E-state index < -0.39 is 5.60 Å². The van der Waals surface area contributed by atoms with E-state index in [9.17, 15) is 4.79 Å². The predicted octanol–water partition coefficient (Wildman–Crippen LogP) is 3.41. The van der Waals surface area contributed by atoms with Gasteiger partial charge >= 0.3 is 6.09 Å². The average Bonchev–Trinajstić information content (AvgIpc) is 2.65. The van der Waals surface area contributed by atoms with E-state index in [-0.39, 0.29) is 12.2 Å². The number of carbonyl (C=O) groups excluding carboxylic acids is 1. The number of thioether (sulfide) groups is 1. The van der Waals surface area contributed by atoms with Crippen molar-refractivity contribution >= 4 is 23.4 Å². The normalized spacial score (nSPS) is 16.1. The van der Waals surface area contributed by atoms with Gasteiger partial charge in [0.1, 0.15) is 17.5 Å². The topological polar surface area (TPSA) is 87.0 Å². The largest absolute Gasteiger partial charge is 0.488 e. The minimum absolute atomic E-state index is 0.0560. The SMILES string of the molecule is CC(C)(C)OC(=O)N(CCNCSC=NC#N)CC1CCc2ccccc2O1. The van der Waals surface area contributed by atoms with Crippen LogP contribution in [0.3, 0.4) is 0 Å². The summed E-state index contributed by atoms with van der Waals surface area (Å²) in [5, 5.41) is 11.6. The average molecular weight is 405 g/mol. The Kier molecular flexibility index (Phi) is 8.61. The van der Waals surface area contributed by atoms with E-state index >= 15 is 0 Å². The number of para-hydroxylation sites is 1. The molecule has 1 aromatic rings. The van der Waals surface area contributed by atoms with Crippen molar-refractivity contribution in [2.75, 3.05) is 25.5 Å². The maximum atomic E-state index is 12.6. The lowest BCUT2D eigenvalue weighted by molar-refractivity contribution is 0.0156. The van der Waals surface area contributed by atoms with Gasteiger partial charge in [-0.25, -0.2) is 4.79 Å². The van der Waals surface area contributed by atoms with Crippen LogP contribution in [0.25, 0.3) is 0 Å². The summed E-state index contributed by atoms with van der Waals surface area (Å²) >= 11 is 1.39. The minimum atomic E-state index is -0.549. The third-order valence-electron chi connectivity index (χ3n) is 4.01. The standard InChI is InChI=1S/C20H28N4O3S/c1-20(2,3)27-19(25)24(11-10-22-14-28-15-23-13-21)12-17-9-8-16-6-4-5-7-18(16)26-17/h4-7,15,17,22H,8-12,14H2,1-3H3. The molecule has 152 valence electrons. The van der Waals surface area contributed by atoms with E-state index in [2.05, 4.69) is 16.4 Å². The molecule has 7 nitrogen and oxygen atoms in total. The van der Waals surface area contributed by atoms with Crippen LogP contribution in [0.15, 0.2) is 29.3 Å². The van der Waals surface area contributed by atoms with Crippen molar-refractivity contribution in [2.45, 2.75) is 45.3 Å². The van der Waals surface area contributed by atoms with Gasteiger partial charge in [-0.1, -0.05) is 30.0 Å². The molecule has 28 heavy (non-hydrogen) atoms. The van der Waals surface area contributed by atoms with Gasteiger partial charge in [0.2, 0.25) is 6.19 Å². The van der Waals surface area contributed by atoms with Gasteiger partial charge in [0.15, 0.2) is 0 Å². The molecule has 0 saturated carbocycles. The van der Waals surface area contributed by atoms with Crippen molar-refractivity contribution < 1.29 is 14.3 Å². The number of rotatable bonds is 8. The van der Waals surface area contributed by atoms with Crippen molar-refractivity contribution in [3.8, 4) is 11.9 Å². The number of nitrogens with one attached hydrogen (secondary N) is 1. The third kappa shape index (κ3) is 7.79. The molecule has 1 amide bonds. The van der Waals surface area contributed by atoms with Crippen LogP contribution in [0.4, 0.5) is 4.79 Å². The molecule has 8 heteroatoms. The second kappa shape index (κ2) is 10.9. The number of hydrogen-bond donors (Lipinski definition) is 1. The smallest absolute Gasteiger partial charge is 0.410 e. The van der Waals surface area contributed by atoms with Crippen molar-refractivity contribution in [2.24, 2.45) is 4.99 Å². The first-order valence-corrected chi connectivity index (χ1v) is 10.4. The third-order valence-corrected chi connectivity index (χ3v) is 4.63. The van der Waals surface area contributed by atoms with Gasteiger partial charge in [-0.05, 0) is 45.2 Å². The first-order chi connectivity index (χ1) is 13.4. The van der Waals surface area contributed by atoms with E-state index in [1.165, 1.54) is 22.9 Å². The highest BCUT2D eigenvalue weighted by molar-refractivity contribution is 8.12. The van der Waals surface area contributed by atoms with Crippen molar-refractivity contribution in [3.05, 3.63) is 29.8 Å². The summed E-state index contributed by atoms with van der Waals surface area (Å²) in [6.07, 6.45) is 3.12. The second-order valence-electron chi connectivity index (χ2n) is 7.46. The summed E-state index contributed by atoms with van der Waals surface area (Å²) in [5.74, 6) is 1.51. The number of ether oxygens (including phenoxy) is 2. The molecular weight excluding hydrogens is 376 g/mol. The molecule has 1 heterocycles. The molecule has 0 saturated heterocycles. The first-order valence-electron chi connectivity index (χ1n) is 9.34. The summed E-state index contributed by atoms with van der Waals surface area (Å²) in [5.41, 5.74) is 2.15. The van der Waals surface area contributed by atoms with Crippen LogP contribution >= 0.6 is 11.8 Å². The Morgan fingerprint density at radius 2 is 2.29 bits per heavy atom. The number of benzene rings is 1. The van der Waals surface area contributed by atoms with Crippen molar-refractivity contribution in [3.63, 3.8) is 0 Å². The van der Waals surface area contributed by atoms with Crippen LogP contribution in [-0.2, 0) is 11.2 Å². The van der Waals surface area contributed by atoms with E-state index in [1.54, 1.807) is 11.1 Å². The molecule has 1 N–H and O–H groups in total. The molecule has 0 aromatic heterocycles. The molecule has 1 atom stereocenters. The minimum Gasteiger partial charge on any atom is -0.488 e. The number of fused-ring (bicyclic) bond motifs is 1. The highest BCUT2D eigenvalue weighted by Crippen LogP contribution is 2.27. The van der Waals surface area contributed by atoms with Crippen LogP contribution in [0.2, 0.25) is 0 Å². The number of nitrogens with zero attached hydrogens (tertiary/aromatic N) is 3. The molecule has 2 rings (SSSR count). The lowest BCUT2D eigenvalue weighted by atomic mass is 10.0. The zero-order valence-electron chi connectivity index (χ0n) is 16.7. The lowest BCUT2D eigenvalue weighted by Gasteiger charge is -2.32. The lowest BCUT2D eigenvalue weighted by Crippen LogP contribution is -2.46. The molecule has 0 radical (unpaired) electrons. The van der Waals surface area contributed by atoms with Gasteiger partial charge in [-0.2, -0.15) is 10.3 Å². The fourth-order valence-electron chi connectivity index (χ4n) is 2.78. The maximum absolute atomic E-state index is 12.6. The number of aryl methyl sites for hydroxylation is 1.